The number of ether oxygens (including phenoxy) is 4. The van der Waals surface area contributed by atoms with Gasteiger partial charge in [-0.25, -0.2) is 0 Å². The predicted octanol–water partition coefficient (Wildman–Crippen LogP) is 5.49. The van der Waals surface area contributed by atoms with Crippen molar-refractivity contribution in [2.75, 3.05) is 32.8 Å². The lowest BCUT2D eigenvalue weighted by Gasteiger charge is -2.16. The van der Waals surface area contributed by atoms with Crippen molar-refractivity contribution in [2.45, 2.75) is 26.8 Å². The van der Waals surface area contributed by atoms with Crippen LogP contribution in [0.4, 0.5) is 11.4 Å². The summed E-state index contributed by atoms with van der Waals surface area (Å²) in [6.45, 7) is 5.66. The summed E-state index contributed by atoms with van der Waals surface area (Å²) in [5.41, 5.74) is 0.458. The molecule has 0 radical (unpaired) electrons. The molecule has 2 aromatic carbocycles. The third-order valence-electron chi connectivity index (χ3n) is 4.27. The van der Waals surface area contributed by atoms with Crippen molar-refractivity contribution in [2.24, 2.45) is 10.2 Å². The number of benzene rings is 2. The Morgan fingerprint density at radius 1 is 1.00 bits per heavy atom. The normalized spacial score (nSPS) is 11.7. The molecule has 1 unspecified atom stereocenters. The minimum absolute atomic E-state index is 0.185. The number of methoxy groups -OCH3 is 2. The van der Waals surface area contributed by atoms with Gasteiger partial charge in [0.1, 0.15) is 16.5 Å². The highest BCUT2D eigenvalue weighted by Crippen LogP contribution is 2.41. The van der Waals surface area contributed by atoms with Crippen LogP contribution in [0.3, 0.4) is 0 Å². The van der Waals surface area contributed by atoms with Gasteiger partial charge >= 0.3 is 0 Å². The lowest BCUT2D eigenvalue weighted by molar-refractivity contribution is -0.126. The van der Waals surface area contributed by atoms with Crippen LogP contribution in [0.2, 0.25) is 10.0 Å². The number of hydrogen-bond donors (Lipinski definition) is 1. The minimum atomic E-state index is -1.44. The van der Waals surface area contributed by atoms with E-state index >= 15 is 0 Å². The highest BCUT2D eigenvalue weighted by atomic mass is 35.5. The van der Waals surface area contributed by atoms with Gasteiger partial charge in [0.05, 0.1) is 38.1 Å². The standard InChI is InChI=1S/C22H25Cl2N3O6/c1-6-32-17-10-13(23)15(11-18(17)33-7-2)25-22(29)20(12(3)28)27-26-14-8-9-16(30-4)19(24)21(14)31-5/h8-11,20H,6-7H2,1-5H3,(H,25,29). The molecule has 0 bridgehead atoms. The monoisotopic (exact) mass is 497 g/mol. The van der Waals surface area contributed by atoms with E-state index in [1.807, 2.05) is 13.8 Å². The Morgan fingerprint density at radius 3 is 2.18 bits per heavy atom. The van der Waals surface area contributed by atoms with E-state index in [9.17, 15) is 9.59 Å². The quantitative estimate of drug-likeness (QED) is 0.324. The number of nitrogens with zero attached hydrogens (tertiary/aromatic N) is 2. The highest BCUT2D eigenvalue weighted by Gasteiger charge is 2.25. The van der Waals surface area contributed by atoms with Gasteiger partial charge in [0.15, 0.2) is 23.0 Å². The number of hydrogen-bond acceptors (Lipinski definition) is 8. The number of carbonyl (C=O) groups excluding carboxylic acids is 2. The summed E-state index contributed by atoms with van der Waals surface area (Å²) in [5.74, 6) is 0.161. The summed E-state index contributed by atoms with van der Waals surface area (Å²) in [6, 6.07) is 4.72. The first-order valence-electron chi connectivity index (χ1n) is 9.99. The lowest BCUT2D eigenvalue weighted by atomic mass is 10.2. The highest BCUT2D eigenvalue weighted by molar-refractivity contribution is 6.34. The van der Waals surface area contributed by atoms with Crippen LogP contribution in [0.1, 0.15) is 20.8 Å². The van der Waals surface area contributed by atoms with E-state index in [2.05, 4.69) is 15.5 Å². The van der Waals surface area contributed by atoms with E-state index in [4.69, 9.17) is 42.1 Å². The van der Waals surface area contributed by atoms with Crippen LogP contribution in [0.5, 0.6) is 23.0 Å². The molecule has 0 fully saturated rings. The zero-order chi connectivity index (χ0) is 24.5. The lowest BCUT2D eigenvalue weighted by Crippen LogP contribution is -2.32. The molecule has 9 nitrogen and oxygen atoms in total. The molecular weight excluding hydrogens is 473 g/mol. The Labute approximate surface area is 202 Å². The van der Waals surface area contributed by atoms with Crippen molar-refractivity contribution < 1.29 is 28.5 Å². The molecule has 2 rings (SSSR count). The molecule has 0 aliphatic rings. The van der Waals surface area contributed by atoms with Crippen molar-refractivity contribution in [3.63, 3.8) is 0 Å². The zero-order valence-corrected chi connectivity index (χ0v) is 20.4. The van der Waals surface area contributed by atoms with E-state index in [0.29, 0.717) is 30.5 Å². The molecule has 2 aromatic rings. The summed E-state index contributed by atoms with van der Waals surface area (Å²) in [7, 11) is 2.86. The van der Waals surface area contributed by atoms with Gasteiger partial charge in [-0.2, -0.15) is 10.2 Å². The maximum absolute atomic E-state index is 12.8. The second-order valence-corrected chi connectivity index (χ2v) is 7.28. The fourth-order valence-electron chi connectivity index (χ4n) is 2.77. The van der Waals surface area contributed by atoms with Crippen molar-refractivity contribution in [3.8, 4) is 23.0 Å². The summed E-state index contributed by atoms with van der Waals surface area (Å²) >= 11 is 12.5. The van der Waals surface area contributed by atoms with Crippen LogP contribution in [0, 0.1) is 0 Å². The molecule has 0 saturated carbocycles. The largest absolute Gasteiger partial charge is 0.495 e. The van der Waals surface area contributed by atoms with Gasteiger partial charge in [-0.1, -0.05) is 23.2 Å². The number of carbonyl (C=O) groups is 2. The van der Waals surface area contributed by atoms with Crippen LogP contribution in [-0.2, 0) is 9.59 Å². The molecule has 11 heteroatoms. The van der Waals surface area contributed by atoms with Gasteiger partial charge < -0.3 is 24.3 Å². The molecule has 0 heterocycles. The zero-order valence-electron chi connectivity index (χ0n) is 18.9. The fourth-order valence-corrected chi connectivity index (χ4v) is 3.28. The van der Waals surface area contributed by atoms with Gasteiger partial charge in [-0.05, 0) is 32.9 Å². The summed E-state index contributed by atoms with van der Waals surface area (Å²) in [4.78, 5) is 25.0. The molecule has 0 aromatic heterocycles. The Balaban J connectivity index is 2.33. The second-order valence-electron chi connectivity index (χ2n) is 6.50. The third-order valence-corrected chi connectivity index (χ3v) is 4.94. The number of anilines is 1. The average Bonchev–Trinajstić information content (AvgIpc) is 2.77. The first-order valence-corrected chi connectivity index (χ1v) is 10.7. The minimum Gasteiger partial charge on any atom is -0.495 e. The first-order chi connectivity index (χ1) is 15.8. The van der Waals surface area contributed by atoms with Gasteiger partial charge in [-0.15, -0.1) is 0 Å². The molecule has 1 atom stereocenters. The third kappa shape index (κ3) is 6.49. The number of ketones is 1. The average molecular weight is 498 g/mol. The Hall–Kier alpha value is -3.04. The van der Waals surface area contributed by atoms with Crippen LogP contribution in [0.15, 0.2) is 34.5 Å². The Bertz CT molecular complexity index is 1050. The fraction of sp³-hybridized carbons (Fsp3) is 0.364. The second kappa shape index (κ2) is 12.3. The molecule has 33 heavy (non-hydrogen) atoms. The number of halogens is 2. The number of amides is 1. The molecule has 0 aliphatic carbocycles. The van der Waals surface area contributed by atoms with Gasteiger partial charge in [0.25, 0.3) is 5.91 Å². The Kier molecular flexibility index (Phi) is 9.74. The van der Waals surface area contributed by atoms with E-state index in [1.165, 1.54) is 33.3 Å². The van der Waals surface area contributed by atoms with Gasteiger partial charge in [0, 0.05) is 12.1 Å². The number of Topliss-reactive ketones (excluding diaryl/α,β-unsaturated/α-hetero) is 1. The maximum atomic E-state index is 12.8. The molecule has 0 aliphatic heterocycles. The smallest absolute Gasteiger partial charge is 0.258 e. The molecule has 1 N–H and O–H groups in total. The SMILES string of the molecule is CCOc1cc(Cl)c(NC(=O)C(N=Nc2ccc(OC)c(Cl)c2OC)C(C)=O)cc1OCC. The van der Waals surface area contributed by atoms with Gasteiger partial charge in [-0.3, -0.25) is 9.59 Å². The van der Waals surface area contributed by atoms with E-state index in [-0.39, 0.29) is 27.2 Å². The van der Waals surface area contributed by atoms with Gasteiger partial charge in [0.2, 0.25) is 6.04 Å². The topological polar surface area (TPSA) is 108 Å². The van der Waals surface area contributed by atoms with Crippen LogP contribution >= 0.6 is 23.2 Å². The molecule has 178 valence electrons. The van der Waals surface area contributed by atoms with E-state index < -0.39 is 17.7 Å². The van der Waals surface area contributed by atoms with Crippen molar-refractivity contribution >= 4 is 46.3 Å². The molecule has 0 saturated heterocycles. The maximum Gasteiger partial charge on any atom is 0.258 e. The number of azo groups is 1. The number of rotatable bonds is 11. The van der Waals surface area contributed by atoms with Crippen LogP contribution < -0.4 is 24.3 Å². The van der Waals surface area contributed by atoms with Crippen molar-refractivity contribution in [1.29, 1.82) is 0 Å². The van der Waals surface area contributed by atoms with Crippen LogP contribution in [0.25, 0.3) is 0 Å². The molecule has 0 spiro atoms. The molecular formula is C22H25Cl2N3O6. The van der Waals surface area contributed by atoms with E-state index in [1.54, 1.807) is 12.1 Å². The summed E-state index contributed by atoms with van der Waals surface area (Å²) in [6.07, 6.45) is 0. The summed E-state index contributed by atoms with van der Waals surface area (Å²) < 4.78 is 21.5. The summed E-state index contributed by atoms with van der Waals surface area (Å²) in [5, 5.41) is 10.9. The Morgan fingerprint density at radius 2 is 1.64 bits per heavy atom. The van der Waals surface area contributed by atoms with Crippen LogP contribution in [-0.4, -0.2) is 45.2 Å². The predicted molar refractivity (Wildman–Crippen MR) is 126 cm³/mol. The molecule has 1 amide bonds. The van der Waals surface area contributed by atoms with Crippen molar-refractivity contribution in [1.82, 2.24) is 0 Å². The van der Waals surface area contributed by atoms with E-state index in [0.717, 1.165) is 0 Å². The first kappa shape index (κ1) is 26.2. The van der Waals surface area contributed by atoms with Crippen molar-refractivity contribution in [3.05, 3.63) is 34.3 Å². The number of nitrogens with one attached hydrogen (secondary N) is 1.